The first kappa shape index (κ1) is 22.5. The lowest BCUT2D eigenvalue weighted by Crippen LogP contribution is -2.51. The van der Waals surface area contributed by atoms with E-state index in [4.69, 9.17) is 16.3 Å². The first-order valence-electron chi connectivity index (χ1n) is 10.1. The van der Waals surface area contributed by atoms with Gasteiger partial charge in [0.15, 0.2) is 0 Å². The van der Waals surface area contributed by atoms with Gasteiger partial charge in [-0.15, -0.1) is 11.3 Å². The number of carbonyl (C=O) groups is 2. The number of carbonyl (C=O) groups excluding carboxylic acids is 2. The van der Waals surface area contributed by atoms with Gasteiger partial charge in [0.2, 0.25) is 11.8 Å². The number of aromatic nitrogens is 1. The summed E-state index contributed by atoms with van der Waals surface area (Å²) in [6, 6.07) is 7.18. The molecule has 0 aliphatic carbocycles. The number of hydrogen-bond donors (Lipinski definition) is 1. The van der Waals surface area contributed by atoms with Crippen molar-refractivity contribution in [2.24, 2.45) is 0 Å². The molecule has 0 unspecified atom stereocenters. The number of halogens is 1. The second-order valence-corrected chi connectivity index (χ2v) is 8.54. The number of nitrogens with zero attached hydrogens (tertiary/aromatic N) is 3. The highest BCUT2D eigenvalue weighted by Gasteiger charge is 2.23. The van der Waals surface area contributed by atoms with E-state index in [1.54, 1.807) is 12.1 Å². The maximum absolute atomic E-state index is 12.6. The van der Waals surface area contributed by atoms with Crippen molar-refractivity contribution in [3.05, 3.63) is 45.4 Å². The van der Waals surface area contributed by atoms with Crippen molar-refractivity contribution in [3.63, 3.8) is 0 Å². The fourth-order valence-corrected chi connectivity index (χ4v) is 3.95. The molecule has 0 radical (unpaired) electrons. The summed E-state index contributed by atoms with van der Waals surface area (Å²) in [5, 5.41) is 6.29. The minimum atomic E-state index is 0.0486. The number of ether oxygens (including phenoxy) is 1. The van der Waals surface area contributed by atoms with Gasteiger partial charge < -0.3 is 15.0 Å². The molecule has 2 heterocycles. The summed E-state index contributed by atoms with van der Waals surface area (Å²) in [4.78, 5) is 32.9. The fourth-order valence-electron chi connectivity index (χ4n) is 3.12. The van der Waals surface area contributed by atoms with E-state index >= 15 is 0 Å². The molecular weight excluding hydrogens is 424 g/mol. The number of thiazole rings is 1. The van der Waals surface area contributed by atoms with Crippen LogP contribution in [0.4, 0.5) is 0 Å². The Morgan fingerprint density at radius 3 is 2.63 bits per heavy atom. The molecule has 9 heteroatoms. The molecule has 162 valence electrons. The molecule has 1 aliphatic rings. The molecule has 0 atom stereocenters. The average Bonchev–Trinajstić information content (AvgIpc) is 3.19. The van der Waals surface area contributed by atoms with Gasteiger partial charge in [0, 0.05) is 43.1 Å². The molecular formula is C21H27ClN4O3S. The second kappa shape index (κ2) is 11.3. The monoisotopic (exact) mass is 450 g/mol. The zero-order valence-corrected chi connectivity index (χ0v) is 18.7. The van der Waals surface area contributed by atoms with Gasteiger partial charge in [-0.25, -0.2) is 4.98 Å². The van der Waals surface area contributed by atoms with Crippen molar-refractivity contribution < 1.29 is 14.3 Å². The van der Waals surface area contributed by atoms with E-state index in [1.807, 2.05) is 29.3 Å². The lowest BCUT2D eigenvalue weighted by Gasteiger charge is -2.34. The third kappa shape index (κ3) is 6.97. The molecule has 1 saturated heterocycles. The molecule has 1 aromatic carbocycles. The van der Waals surface area contributed by atoms with Gasteiger partial charge in [-0.2, -0.15) is 0 Å². The first-order chi connectivity index (χ1) is 14.5. The van der Waals surface area contributed by atoms with Crippen LogP contribution in [0.25, 0.3) is 0 Å². The van der Waals surface area contributed by atoms with Crippen LogP contribution in [0.15, 0.2) is 29.6 Å². The molecule has 0 bridgehead atoms. The van der Waals surface area contributed by atoms with Crippen LogP contribution in [0.1, 0.15) is 24.0 Å². The Bertz CT molecular complexity index is 835. The molecule has 2 aromatic rings. The standard InChI is InChI=1S/C21H27ClN4O3S/c1-2-7-23-19(27)13-25-8-10-26(11-9-25)21(28)12-17-15-30-20(24-17)14-29-18-5-3-16(22)4-6-18/h3-6,15H,2,7-14H2,1H3,(H,23,27). The number of piperazine rings is 1. The van der Waals surface area contributed by atoms with Crippen LogP contribution < -0.4 is 10.1 Å². The Morgan fingerprint density at radius 1 is 1.20 bits per heavy atom. The van der Waals surface area contributed by atoms with E-state index in [2.05, 4.69) is 15.2 Å². The molecule has 2 amide bonds. The number of rotatable bonds is 9. The van der Waals surface area contributed by atoms with E-state index in [0.717, 1.165) is 22.9 Å². The van der Waals surface area contributed by atoms with Gasteiger partial charge in [0.05, 0.1) is 18.7 Å². The summed E-state index contributed by atoms with van der Waals surface area (Å²) in [5.41, 5.74) is 0.765. The average molecular weight is 451 g/mol. The van der Waals surface area contributed by atoms with E-state index in [1.165, 1.54) is 11.3 Å². The highest BCUT2D eigenvalue weighted by atomic mass is 35.5. The van der Waals surface area contributed by atoms with Crippen LogP contribution in [-0.4, -0.2) is 65.9 Å². The van der Waals surface area contributed by atoms with Gasteiger partial charge in [-0.3, -0.25) is 14.5 Å². The topological polar surface area (TPSA) is 74.8 Å². The Morgan fingerprint density at radius 2 is 1.93 bits per heavy atom. The predicted molar refractivity (Wildman–Crippen MR) is 118 cm³/mol. The van der Waals surface area contributed by atoms with Gasteiger partial charge in [-0.05, 0) is 30.7 Å². The first-order valence-corrected chi connectivity index (χ1v) is 11.4. The summed E-state index contributed by atoms with van der Waals surface area (Å²) in [5.74, 6) is 0.849. The van der Waals surface area contributed by atoms with E-state index in [0.29, 0.717) is 50.9 Å². The summed E-state index contributed by atoms with van der Waals surface area (Å²) in [6.07, 6.45) is 1.22. The molecule has 0 spiro atoms. The number of benzene rings is 1. The molecule has 7 nitrogen and oxygen atoms in total. The van der Waals surface area contributed by atoms with Crippen LogP contribution >= 0.6 is 22.9 Å². The maximum atomic E-state index is 12.6. The molecule has 0 saturated carbocycles. The zero-order chi connectivity index (χ0) is 21.3. The van der Waals surface area contributed by atoms with Gasteiger partial charge in [0.25, 0.3) is 0 Å². The van der Waals surface area contributed by atoms with E-state index < -0.39 is 0 Å². The highest BCUT2D eigenvalue weighted by molar-refractivity contribution is 7.09. The Labute approximate surface area is 186 Å². The van der Waals surface area contributed by atoms with Gasteiger partial charge in [-0.1, -0.05) is 18.5 Å². The number of hydrogen-bond acceptors (Lipinski definition) is 6. The Hall–Kier alpha value is -2.16. The van der Waals surface area contributed by atoms with E-state index in [-0.39, 0.29) is 18.2 Å². The molecule has 1 aliphatic heterocycles. The summed E-state index contributed by atoms with van der Waals surface area (Å²) >= 11 is 7.36. The molecule has 3 rings (SSSR count). The van der Waals surface area contributed by atoms with Crippen LogP contribution in [0.3, 0.4) is 0 Å². The fraction of sp³-hybridized carbons (Fsp3) is 0.476. The lowest BCUT2D eigenvalue weighted by molar-refractivity contribution is -0.132. The van der Waals surface area contributed by atoms with E-state index in [9.17, 15) is 9.59 Å². The lowest BCUT2D eigenvalue weighted by atomic mass is 10.2. The number of amides is 2. The number of nitrogens with one attached hydrogen (secondary N) is 1. The van der Waals surface area contributed by atoms with Crippen LogP contribution in [-0.2, 0) is 22.6 Å². The minimum absolute atomic E-state index is 0.0486. The van der Waals surface area contributed by atoms with Crippen LogP contribution in [0, 0.1) is 0 Å². The van der Waals surface area contributed by atoms with Crippen molar-refractivity contribution >= 4 is 34.8 Å². The molecule has 30 heavy (non-hydrogen) atoms. The van der Waals surface area contributed by atoms with Crippen LogP contribution in [0.2, 0.25) is 5.02 Å². The normalized spacial score (nSPS) is 14.5. The smallest absolute Gasteiger partial charge is 0.234 e. The maximum Gasteiger partial charge on any atom is 0.234 e. The molecule has 1 N–H and O–H groups in total. The van der Waals surface area contributed by atoms with Crippen molar-refractivity contribution in [1.29, 1.82) is 0 Å². The summed E-state index contributed by atoms with van der Waals surface area (Å²) < 4.78 is 5.71. The molecule has 1 fully saturated rings. The van der Waals surface area contributed by atoms with Gasteiger partial charge >= 0.3 is 0 Å². The Balaban J connectivity index is 1.40. The zero-order valence-electron chi connectivity index (χ0n) is 17.1. The van der Waals surface area contributed by atoms with Crippen molar-refractivity contribution in [2.75, 3.05) is 39.3 Å². The predicted octanol–water partition coefficient (Wildman–Crippen LogP) is 2.59. The summed E-state index contributed by atoms with van der Waals surface area (Å²) in [7, 11) is 0. The third-order valence-corrected chi connectivity index (χ3v) is 5.90. The van der Waals surface area contributed by atoms with Crippen molar-refractivity contribution in [1.82, 2.24) is 20.1 Å². The Kier molecular flexibility index (Phi) is 8.48. The van der Waals surface area contributed by atoms with Crippen molar-refractivity contribution in [3.8, 4) is 5.75 Å². The third-order valence-electron chi connectivity index (χ3n) is 4.77. The SMILES string of the molecule is CCCNC(=O)CN1CCN(C(=O)Cc2csc(COc3ccc(Cl)cc3)n2)CC1. The van der Waals surface area contributed by atoms with Crippen LogP contribution in [0.5, 0.6) is 5.75 Å². The highest BCUT2D eigenvalue weighted by Crippen LogP contribution is 2.18. The largest absolute Gasteiger partial charge is 0.486 e. The second-order valence-electron chi connectivity index (χ2n) is 7.16. The van der Waals surface area contributed by atoms with Crippen molar-refractivity contribution in [2.45, 2.75) is 26.4 Å². The molecule has 1 aromatic heterocycles. The minimum Gasteiger partial charge on any atom is -0.486 e. The quantitative estimate of drug-likeness (QED) is 0.635. The summed E-state index contributed by atoms with van der Waals surface area (Å²) in [6.45, 7) is 6.18. The van der Waals surface area contributed by atoms with Gasteiger partial charge in [0.1, 0.15) is 17.4 Å².